The molecule has 7 nitrogen and oxygen atoms in total. The summed E-state index contributed by atoms with van der Waals surface area (Å²) in [6.45, 7) is 3.20. The fourth-order valence-corrected chi connectivity index (χ4v) is 3.45. The van der Waals surface area contributed by atoms with Crippen LogP contribution in [-0.4, -0.2) is 31.1 Å². The van der Waals surface area contributed by atoms with Gasteiger partial charge in [-0.05, 0) is 36.8 Å². The lowest BCUT2D eigenvalue weighted by Crippen LogP contribution is -2.32. The van der Waals surface area contributed by atoms with Crippen LogP contribution in [0.15, 0.2) is 65.7 Å². The van der Waals surface area contributed by atoms with Crippen molar-refractivity contribution in [1.29, 1.82) is 0 Å². The summed E-state index contributed by atoms with van der Waals surface area (Å²) in [5, 5.41) is 2.87. The molecule has 0 unspecified atom stereocenters. The number of imidazole rings is 1. The van der Waals surface area contributed by atoms with Gasteiger partial charge < -0.3 is 9.88 Å². The Bertz CT molecular complexity index is 1210. The molecular formula is C22H23N5O2. The molecule has 7 heteroatoms. The van der Waals surface area contributed by atoms with Crippen LogP contribution < -0.4 is 11.0 Å². The van der Waals surface area contributed by atoms with Gasteiger partial charge in [-0.3, -0.25) is 13.9 Å². The Labute approximate surface area is 168 Å². The summed E-state index contributed by atoms with van der Waals surface area (Å²) in [4.78, 5) is 29.8. The van der Waals surface area contributed by atoms with Crippen molar-refractivity contribution < 1.29 is 4.79 Å². The van der Waals surface area contributed by atoms with Crippen LogP contribution in [0.25, 0.3) is 11.2 Å². The maximum absolute atomic E-state index is 13.1. The van der Waals surface area contributed by atoms with Crippen LogP contribution >= 0.6 is 0 Å². The first-order valence-corrected chi connectivity index (χ1v) is 9.54. The zero-order valence-electron chi connectivity index (χ0n) is 16.5. The van der Waals surface area contributed by atoms with Crippen molar-refractivity contribution in [2.24, 2.45) is 7.05 Å². The van der Waals surface area contributed by atoms with Gasteiger partial charge in [-0.15, -0.1) is 0 Å². The number of benzene rings is 1. The largest absolute Gasteiger partial charge is 0.349 e. The number of fused-ring (bicyclic) bond motifs is 1. The average molecular weight is 389 g/mol. The van der Waals surface area contributed by atoms with Gasteiger partial charge in [0.05, 0.1) is 12.1 Å². The zero-order chi connectivity index (χ0) is 20.4. The van der Waals surface area contributed by atoms with E-state index in [1.165, 1.54) is 5.56 Å². The van der Waals surface area contributed by atoms with Crippen molar-refractivity contribution in [1.82, 2.24) is 24.0 Å². The topological polar surface area (TPSA) is 73.8 Å². The Morgan fingerprint density at radius 2 is 1.86 bits per heavy atom. The summed E-state index contributed by atoms with van der Waals surface area (Å²) in [7, 11) is 1.82. The molecule has 0 saturated heterocycles. The number of nitrogens with zero attached hydrogens (tertiary/aromatic N) is 4. The lowest BCUT2D eigenvalue weighted by Gasteiger charge is -2.07. The Kier molecular flexibility index (Phi) is 5.03. The monoisotopic (exact) mass is 389 g/mol. The summed E-state index contributed by atoms with van der Waals surface area (Å²) in [6.07, 6.45) is 3.50. The molecular weight excluding hydrogens is 366 g/mol. The molecule has 1 N–H and O–H groups in total. The van der Waals surface area contributed by atoms with E-state index in [4.69, 9.17) is 0 Å². The van der Waals surface area contributed by atoms with Gasteiger partial charge in [0.2, 0.25) is 0 Å². The summed E-state index contributed by atoms with van der Waals surface area (Å²) in [6, 6.07) is 15.4. The van der Waals surface area contributed by atoms with Crippen LogP contribution in [0, 0.1) is 6.92 Å². The van der Waals surface area contributed by atoms with E-state index in [1.54, 1.807) is 26.0 Å². The molecule has 1 aromatic carbocycles. The van der Waals surface area contributed by atoms with Crippen molar-refractivity contribution in [2.75, 3.05) is 6.54 Å². The van der Waals surface area contributed by atoms with E-state index in [0.29, 0.717) is 31.0 Å². The highest BCUT2D eigenvalue weighted by atomic mass is 16.2. The lowest BCUT2D eigenvalue weighted by molar-refractivity contribution is 0.0944. The van der Waals surface area contributed by atoms with Crippen LogP contribution in [0.5, 0.6) is 0 Å². The second-order valence-corrected chi connectivity index (χ2v) is 7.11. The lowest BCUT2D eigenvalue weighted by atomic mass is 10.1. The summed E-state index contributed by atoms with van der Waals surface area (Å²) >= 11 is 0. The van der Waals surface area contributed by atoms with Crippen LogP contribution in [0.2, 0.25) is 0 Å². The molecule has 3 aromatic heterocycles. The molecule has 148 valence electrons. The predicted molar refractivity (Wildman–Crippen MR) is 112 cm³/mol. The van der Waals surface area contributed by atoms with Crippen LogP contribution in [0.3, 0.4) is 0 Å². The highest BCUT2D eigenvalue weighted by molar-refractivity contribution is 5.92. The van der Waals surface area contributed by atoms with Gasteiger partial charge >= 0.3 is 5.69 Å². The molecule has 0 saturated carbocycles. The van der Waals surface area contributed by atoms with Gasteiger partial charge in [-0.25, -0.2) is 9.78 Å². The van der Waals surface area contributed by atoms with Crippen molar-refractivity contribution in [3.05, 3.63) is 88.2 Å². The van der Waals surface area contributed by atoms with Crippen molar-refractivity contribution in [3.63, 3.8) is 0 Å². The van der Waals surface area contributed by atoms with Crippen molar-refractivity contribution in [3.8, 4) is 0 Å². The second-order valence-electron chi connectivity index (χ2n) is 7.11. The normalized spacial score (nSPS) is 11.1. The minimum absolute atomic E-state index is 0.132. The number of carbonyl (C=O) groups excluding carboxylic acids is 1. The van der Waals surface area contributed by atoms with E-state index < -0.39 is 0 Å². The van der Waals surface area contributed by atoms with E-state index in [0.717, 1.165) is 11.1 Å². The van der Waals surface area contributed by atoms with Gasteiger partial charge in [0, 0.05) is 32.5 Å². The Balaban J connectivity index is 1.57. The molecule has 0 bridgehead atoms. The quantitative estimate of drug-likeness (QED) is 0.550. The maximum atomic E-state index is 13.1. The van der Waals surface area contributed by atoms with Crippen LogP contribution in [0.4, 0.5) is 0 Å². The highest BCUT2D eigenvalue weighted by Crippen LogP contribution is 2.13. The number of carbonyl (C=O) groups is 1. The van der Waals surface area contributed by atoms with Crippen molar-refractivity contribution in [2.45, 2.75) is 20.0 Å². The zero-order valence-corrected chi connectivity index (χ0v) is 16.5. The van der Waals surface area contributed by atoms with Gasteiger partial charge in [-0.2, -0.15) is 0 Å². The van der Waals surface area contributed by atoms with E-state index in [2.05, 4.69) is 10.3 Å². The summed E-state index contributed by atoms with van der Waals surface area (Å²) < 4.78 is 5.11. The highest BCUT2D eigenvalue weighted by Gasteiger charge is 2.15. The Hall–Kier alpha value is -3.61. The van der Waals surface area contributed by atoms with Crippen LogP contribution in [-0.2, 0) is 20.1 Å². The molecule has 0 aliphatic rings. The number of amides is 1. The number of aromatic nitrogens is 4. The third-order valence-corrected chi connectivity index (χ3v) is 5.03. The number of rotatable bonds is 6. The number of pyridine rings is 1. The van der Waals surface area contributed by atoms with E-state index in [-0.39, 0.29) is 11.6 Å². The number of hydrogen-bond acceptors (Lipinski definition) is 3. The Morgan fingerprint density at radius 3 is 2.59 bits per heavy atom. The third-order valence-electron chi connectivity index (χ3n) is 5.03. The molecule has 0 aliphatic heterocycles. The molecule has 3 heterocycles. The van der Waals surface area contributed by atoms with E-state index in [9.17, 15) is 9.59 Å². The predicted octanol–water partition coefficient (Wildman–Crippen LogP) is 2.32. The van der Waals surface area contributed by atoms with Gasteiger partial charge in [0.1, 0.15) is 5.69 Å². The van der Waals surface area contributed by atoms with E-state index in [1.807, 2.05) is 62.6 Å². The smallest absolute Gasteiger partial charge is 0.330 e. The molecule has 0 atom stereocenters. The number of aryl methyl sites for hydroxylation is 2. The molecule has 29 heavy (non-hydrogen) atoms. The standard InChI is InChI=1S/C22H23N5O2/c1-16-7-9-17(10-8-16)15-27-18-5-3-11-23-20(18)26(22(27)29)14-12-24-21(28)19-6-4-13-25(19)2/h3-11,13H,12,14-15H2,1-2H3,(H,24,28). The molecule has 0 radical (unpaired) electrons. The van der Waals surface area contributed by atoms with E-state index >= 15 is 0 Å². The minimum Gasteiger partial charge on any atom is -0.349 e. The summed E-state index contributed by atoms with van der Waals surface area (Å²) in [5.41, 5.74) is 4.09. The molecule has 1 amide bonds. The first kappa shape index (κ1) is 18.7. The molecule has 0 spiro atoms. The molecule has 4 aromatic rings. The second kappa shape index (κ2) is 7.79. The fraction of sp³-hybridized carbons (Fsp3) is 0.227. The molecule has 0 aliphatic carbocycles. The third kappa shape index (κ3) is 3.71. The first-order valence-electron chi connectivity index (χ1n) is 9.54. The molecule has 0 fully saturated rings. The number of nitrogens with one attached hydrogen (secondary N) is 1. The fourth-order valence-electron chi connectivity index (χ4n) is 3.45. The average Bonchev–Trinajstić information content (AvgIpc) is 3.26. The maximum Gasteiger partial charge on any atom is 0.330 e. The summed E-state index contributed by atoms with van der Waals surface area (Å²) in [5.74, 6) is -0.165. The van der Waals surface area contributed by atoms with Gasteiger partial charge in [0.25, 0.3) is 5.91 Å². The van der Waals surface area contributed by atoms with Crippen LogP contribution in [0.1, 0.15) is 21.6 Å². The van der Waals surface area contributed by atoms with Crippen molar-refractivity contribution >= 4 is 17.1 Å². The Morgan fingerprint density at radius 1 is 1.07 bits per heavy atom. The first-order chi connectivity index (χ1) is 14.0. The number of hydrogen-bond donors (Lipinski definition) is 1. The molecule has 4 rings (SSSR count). The SMILES string of the molecule is Cc1ccc(Cn2c(=O)n(CCNC(=O)c3cccn3C)c3ncccc32)cc1. The van der Waals surface area contributed by atoms with Gasteiger partial charge in [0.15, 0.2) is 5.65 Å². The van der Waals surface area contributed by atoms with Gasteiger partial charge in [-0.1, -0.05) is 29.8 Å². The minimum atomic E-state index is -0.165.